The molecular formula is C21H19BrN8O2. The lowest BCUT2D eigenvalue weighted by molar-refractivity contribution is 0.0950. The smallest absolute Gasteiger partial charge is 0.251 e. The maximum absolute atomic E-state index is 12.6. The van der Waals surface area contributed by atoms with Crippen molar-refractivity contribution in [2.75, 3.05) is 5.32 Å². The average molecular weight is 495 g/mol. The molecule has 3 N–H and O–H groups in total. The summed E-state index contributed by atoms with van der Waals surface area (Å²) in [5.41, 5.74) is 2.45. The van der Waals surface area contributed by atoms with Gasteiger partial charge in [-0.3, -0.25) is 4.79 Å². The normalized spacial score (nSPS) is 10.7. The van der Waals surface area contributed by atoms with Gasteiger partial charge < -0.3 is 20.3 Å². The first-order chi connectivity index (χ1) is 15.5. The van der Waals surface area contributed by atoms with Crippen LogP contribution in [-0.2, 0) is 20.1 Å². The third-order valence-electron chi connectivity index (χ3n) is 4.70. The van der Waals surface area contributed by atoms with Gasteiger partial charge in [0.2, 0.25) is 5.88 Å². The van der Waals surface area contributed by atoms with E-state index in [-0.39, 0.29) is 18.3 Å². The Bertz CT molecular complexity index is 1250. The van der Waals surface area contributed by atoms with Gasteiger partial charge in [-0.2, -0.15) is 0 Å². The van der Waals surface area contributed by atoms with Crippen LogP contribution in [0.1, 0.15) is 21.7 Å². The van der Waals surface area contributed by atoms with Crippen LogP contribution < -0.4 is 10.6 Å². The van der Waals surface area contributed by atoms with E-state index in [9.17, 15) is 9.90 Å². The summed E-state index contributed by atoms with van der Waals surface area (Å²) in [6.45, 7) is 0.566. The van der Waals surface area contributed by atoms with Gasteiger partial charge in [0.15, 0.2) is 11.6 Å². The summed E-state index contributed by atoms with van der Waals surface area (Å²) in [7, 11) is 1.87. The lowest BCUT2D eigenvalue weighted by Crippen LogP contribution is -2.23. The molecule has 0 spiro atoms. The molecule has 0 aliphatic rings. The number of hydrogen-bond acceptors (Lipinski definition) is 8. The van der Waals surface area contributed by atoms with E-state index in [1.54, 1.807) is 36.5 Å². The second kappa shape index (κ2) is 9.52. The van der Waals surface area contributed by atoms with Gasteiger partial charge in [0, 0.05) is 47.3 Å². The Hall–Kier alpha value is -3.86. The van der Waals surface area contributed by atoms with Gasteiger partial charge in [0.05, 0.1) is 6.54 Å². The molecule has 4 rings (SSSR count). The van der Waals surface area contributed by atoms with E-state index in [0.717, 1.165) is 10.2 Å². The highest BCUT2D eigenvalue weighted by molar-refractivity contribution is 9.10. The van der Waals surface area contributed by atoms with E-state index < -0.39 is 0 Å². The van der Waals surface area contributed by atoms with Gasteiger partial charge in [-0.1, -0.05) is 6.07 Å². The lowest BCUT2D eigenvalue weighted by Gasteiger charge is -2.10. The van der Waals surface area contributed by atoms with Gasteiger partial charge in [-0.25, -0.2) is 15.0 Å². The number of benzene rings is 1. The van der Waals surface area contributed by atoms with Crippen LogP contribution in [0.4, 0.5) is 5.69 Å². The van der Waals surface area contributed by atoms with Gasteiger partial charge >= 0.3 is 0 Å². The van der Waals surface area contributed by atoms with Crippen molar-refractivity contribution in [3.8, 4) is 17.4 Å². The topological polar surface area (TPSA) is 131 Å². The molecular weight excluding hydrogens is 476 g/mol. The van der Waals surface area contributed by atoms with Crippen molar-refractivity contribution in [1.82, 2.24) is 35.0 Å². The molecule has 0 unspecified atom stereocenters. The molecule has 4 aromatic rings. The molecule has 1 aromatic carbocycles. The van der Waals surface area contributed by atoms with Gasteiger partial charge in [0.25, 0.3) is 5.91 Å². The zero-order chi connectivity index (χ0) is 22.5. The zero-order valence-corrected chi connectivity index (χ0v) is 18.6. The van der Waals surface area contributed by atoms with Crippen molar-refractivity contribution < 1.29 is 9.90 Å². The second-order valence-electron chi connectivity index (χ2n) is 6.85. The number of nitrogens with zero attached hydrogens (tertiary/aromatic N) is 6. The molecule has 32 heavy (non-hydrogen) atoms. The highest BCUT2D eigenvalue weighted by atomic mass is 79.9. The molecule has 0 aliphatic carbocycles. The van der Waals surface area contributed by atoms with Crippen molar-refractivity contribution >= 4 is 27.5 Å². The van der Waals surface area contributed by atoms with Crippen LogP contribution in [-0.4, -0.2) is 40.7 Å². The summed E-state index contributed by atoms with van der Waals surface area (Å²) in [5.74, 6) is 0.973. The average Bonchev–Trinajstić information content (AvgIpc) is 3.19. The Kier molecular flexibility index (Phi) is 6.36. The predicted molar refractivity (Wildman–Crippen MR) is 121 cm³/mol. The lowest BCUT2D eigenvalue weighted by atomic mass is 10.1. The third-order valence-corrected chi connectivity index (χ3v) is 5.13. The van der Waals surface area contributed by atoms with E-state index in [0.29, 0.717) is 35.0 Å². The molecule has 3 heterocycles. The van der Waals surface area contributed by atoms with Gasteiger partial charge in [0.1, 0.15) is 12.0 Å². The number of aromatic nitrogens is 6. The highest BCUT2D eigenvalue weighted by Crippen LogP contribution is 2.19. The molecule has 0 radical (unpaired) electrons. The van der Waals surface area contributed by atoms with Crippen LogP contribution in [0.3, 0.4) is 0 Å². The number of nitrogens with one attached hydrogen (secondary N) is 2. The number of aromatic hydroxyl groups is 1. The summed E-state index contributed by atoms with van der Waals surface area (Å²) in [6.07, 6.45) is 4.61. The summed E-state index contributed by atoms with van der Waals surface area (Å²) < 4.78 is 2.57. The van der Waals surface area contributed by atoms with Crippen LogP contribution in [0, 0.1) is 0 Å². The molecule has 11 heteroatoms. The molecule has 162 valence electrons. The molecule has 0 bridgehead atoms. The second-order valence-corrected chi connectivity index (χ2v) is 7.76. The first-order valence-corrected chi connectivity index (χ1v) is 10.4. The van der Waals surface area contributed by atoms with Crippen molar-refractivity contribution in [3.63, 3.8) is 0 Å². The minimum absolute atomic E-state index is 0.117. The number of hydrogen-bond donors (Lipinski definition) is 3. The number of amides is 1. The zero-order valence-electron chi connectivity index (χ0n) is 17.0. The first kappa shape index (κ1) is 21.4. The SMILES string of the molecule is Cn1c(CNc2cccc(C(=O)NCc3cc(Br)cnc3O)c2)nnc1-c1ccncn1. The van der Waals surface area contributed by atoms with Gasteiger partial charge in [-0.15, -0.1) is 10.2 Å². The summed E-state index contributed by atoms with van der Waals surface area (Å²) >= 11 is 3.30. The Labute approximate surface area is 191 Å². The number of carbonyl (C=O) groups is 1. The largest absolute Gasteiger partial charge is 0.493 e. The highest BCUT2D eigenvalue weighted by Gasteiger charge is 2.12. The Morgan fingerprint density at radius 3 is 2.84 bits per heavy atom. The quantitative estimate of drug-likeness (QED) is 0.357. The minimum Gasteiger partial charge on any atom is -0.493 e. The minimum atomic E-state index is -0.266. The first-order valence-electron chi connectivity index (χ1n) is 9.61. The van der Waals surface area contributed by atoms with Crippen LogP contribution in [0.15, 0.2) is 59.6 Å². The monoisotopic (exact) mass is 494 g/mol. The molecule has 0 saturated carbocycles. The number of carbonyl (C=O) groups excluding carboxylic acids is 1. The van der Waals surface area contributed by atoms with E-state index in [1.165, 1.54) is 12.5 Å². The predicted octanol–water partition coefficient (Wildman–Crippen LogP) is 2.68. The van der Waals surface area contributed by atoms with Crippen molar-refractivity contribution in [1.29, 1.82) is 0 Å². The van der Waals surface area contributed by atoms with Gasteiger partial charge in [-0.05, 0) is 46.3 Å². The van der Waals surface area contributed by atoms with Crippen molar-refractivity contribution in [3.05, 3.63) is 76.5 Å². The number of rotatable bonds is 7. The summed E-state index contributed by atoms with van der Waals surface area (Å²) in [5, 5.41) is 24.3. The van der Waals surface area contributed by atoms with Crippen molar-refractivity contribution in [2.45, 2.75) is 13.1 Å². The Morgan fingerprint density at radius 1 is 1.16 bits per heavy atom. The van der Waals surface area contributed by atoms with Crippen molar-refractivity contribution in [2.24, 2.45) is 7.05 Å². The standard InChI is InChI=1S/C21H19BrN8O2/c1-30-18(28-29-19(30)17-5-6-23-12-27-17)11-24-16-4-2-3-13(8-16)20(31)25-9-14-7-15(22)10-26-21(14)32/h2-8,10,12,24H,9,11H2,1H3,(H,25,31)(H,26,32). The fraction of sp³-hybridized carbons (Fsp3) is 0.143. The fourth-order valence-electron chi connectivity index (χ4n) is 2.99. The van der Waals surface area contributed by atoms with E-state index in [4.69, 9.17) is 0 Å². The molecule has 10 nitrogen and oxygen atoms in total. The summed E-state index contributed by atoms with van der Waals surface area (Å²) in [4.78, 5) is 24.5. The third kappa shape index (κ3) is 4.89. The maximum Gasteiger partial charge on any atom is 0.251 e. The summed E-state index contributed by atoms with van der Waals surface area (Å²) in [6, 6.07) is 10.6. The molecule has 0 atom stereocenters. The molecule has 0 saturated heterocycles. The van der Waals surface area contributed by atoms with Crippen LogP contribution in [0.2, 0.25) is 0 Å². The number of pyridine rings is 1. The number of halogens is 1. The fourth-order valence-corrected chi connectivity index (χ4v) is 3.37. The Morgan fingerprint density at radius 2 is 2.03 bits per heavy atom. The van der Waals surface area contributed by atoms with E-state index in [1.807, 2.05) is 17.7 Å². The molecule has 0 fully saturated rings. The van der Waals surface area contributed by atoms with E-state index >= 15 is 0 Å². The number of anilines is 1. The van der Waals surface area contributed by atoms with Crippen LogP contribution in [0.5, 0.6) is 5.88 Å². The van der Waals surface area contributed by atoms with Crippen LogP contribution >= 0.6 is 15.9 Å². The van der Waals surface area contributed by atoms with E-state index in [2.05, 4.69) is 51.7 Å². The maximum atomic E-state index is 12.6. The molecule has 1 amide bonds. The molecule has 0 aliphatic heterocycles. The van der Waals surface area contributed by atoms with Crippen LogP contribution in [0.25, 0.3) is 11.5 Å². The molecule has 3 aromatic heterocycles. The Balaban J connectivity index is 1.40.